The van der Waals surface area contributed by atoms with Crippen LogP contribution in [-0.4, -0.2) is 14.7 Å². The Labute approximate surface area is 121 Å². The van der Waals surface area contributed by atoms with Gasteiger partial charge in [-0.1, -0.05) is 6.07 Å². The number of hydrogen-bond donors (Lipinski definition) is 1. The molecule has 0 bridgehead atoms. The molecule has 2 rings (SSSR count). The molecule has 6 nitrogen and oxygen atoms in total. The number of hydrogen-bond acceptors (Lipinski definition) is 4. The first-order valence-electron chi connectivity index (χ1n) is 6.52. The van der Waals surface area contributed by atoms with Gasteiger partial charge in [0, 0.05) is 37.5 Å². The highest BCUT2D eigenvalue weighted by atomic mass is 19.1. The SMILES string of the molecule is Cc1nn(C)c(C)c1CNCc1ccc([N+](=O)[O-])c(F)c1. The summed E-state index contributed by atoms with van der Waals surface area (Å²) in [6.07, 6.45) is 0. The molecule has 21 heavy (non-hydrogen) atoms. The topological polar surface area (TPSA) is 73.0 Å². The van der Waals surface area contributed by atoms with Crippen molar-refractivity contribution in [1.29, 1.82) is 0 Å². The second kappa shape index (κ2) is 6.01. The van der Waals surface area contributed by atoms with Crippen LogP contribution in [-0.2, 0) is 20.1 Å². The second-order valence-corrected chi connectivity index (χ2v) is 4.92. The number of aryl methyl sites for hydroxylation is 2. The quantitative estimate of drug-likeness (QED) is 0.678. The number of nitro groups is 1. The summed E-state index contributed by atoms with van der Waals surface area (Å²) in [6, 6.07) is 3.93. The molecular weight excluding hydrogens is 275 g/mol. The second-order valence-electron chi connectivity index (χ2n) is 4.92. The predicted molar refractivity (Wildman–Crippen MR) is 76.3 cm³/mol. The number of nitrogens with one attached hydrogen (secondary N) is 1. The van der Waals surface area contributed by atoms with Crippen molar-refractivity contribution in [2.75, 3.05) is 0 Å². The highest BCUT2D eigenvalue weighted by Crippen LogP contribution is 2.18. The van der Waals surface area contributed by atoms with Gasteiger partial charge >= 0.3 is 5.69 Å². The zero-order valence-electron chi connectivity index (χ0n) is 12.2. The van der Waals surface area contributed by atoms with Gasteiger partial charge in [-0.25, -0.2) is 0 Å². The number of halogens is 1. The molecule has 0 saturated heterocycles. The summed E-state index contributed by atoms with van der Waals surface area (Å²) in [6.45, 7) is 4.98. The van der Waals surface area contributed by atoms with E-state index in [9.17, 15) is 14.5 Å². The fraction of sp³-hybridized carbons (Fsp3) is 0.357. The number of benzene rings is 1. The third-order valence-corrected chi connectivity index (χ3v) is 3.50. The number of nitrogens with zero attached hydrogens (tertiary/aromatic N) is 3. The first kappa shape index (κ1) is 15.1. The zero-order valence-corrected chi connectivity index (χ0v) is 12.2. The molecule has 1 N–H and O–H groups in total. The minimum absolute atomic E-state index is 0.433. The van der Waals surface area contributed by atoms with E-state index >= 15 is 0 Å². The molecule has 7 heteroatoms. The third-order valence-electron chi connectivity index (χ3n) is 3.50. The van der Waals surface area contributed by atoms with E-state index in [0.29, 0.717) is 18.7 Å². The van der Waals surface area contributed by atoms with Crippen LogP contribution in [0, 0.1) is 29.8 Å². The smallest absolute Gasteiger partial charge is 0.304 e. The summed E-state index contributed by atoms with van der Waals surface area (Å²) in [5.41, 5.74) is 3.31. The van der Waals surface area contributed by atoms with Gasteiger partial charge in [-0.3, -0.25) is 14.8 Å². The van der Waals surface area contributed by atoms with Gasteiger partial charge in [0.25, 0.3) is 0 Å². The molecule has 0 aliphatic carbocycles. The van der Waals surface area contributed by atoms with E-state index in [1.54, 1.807) is 6.07 Å². The van der Waals surface area contributed by atoms with E-state index in [0.717, 1.165) is 17.0 Å². The molecule has 0 fully saturated rings. The fourth-order valence-corrected chi connectivity index (χ4v) is 2.21. The molecule has 1 heterocycles. The molecule has 112 valence electrons. The van der Waals surface area contributed by atoms with Crippen LogP contribution in [0.5, 0.6) is 0 Å². The molecule has 0 radical (unpaired) electrons. The zero-order chi connectivity index (χ0) is 15.6. The van der Waals surface area contributed by atoms with Gasteiger partial charge in [-0.15, -0.1) is 0 Å². The maximum atomic E-state index is 13.5. The van der Waals surface area contributed by atoms with Crippen molar-refractivity contribution in [2.24, 2.45) is 7.05 Å². The molecular formula is C14H17FN4O2. The molecule has 1 aromatic heterocycles. The molecule has 0 atom stereocenters. The highest BCUT2D eigenvalue weighted by molar-refractivity contribution is 5.35. The summed E-state index contributed by atoms with van der Waals surface area (Å²) in [5, 5.41) is 18.1. The van der Waals surface area contributed by atoms with Crippen molar-refractivity contribution in [3.63, 3.8) is 0 Å². The Hall–Kier alpha value is -2.28. The average Bonchev–Trinajstić information content (AvgIpc) is 2.64. The first-order valence-corrected chi connectivity index (χ1v) is 6.52. The van der Waals surface area contributed by atoms with Crippen LogP contribution in [0.3, 0.4) is 0 Å². The van der Waals surface area contributed by atoms with E-state index in [1.807, 2.05) is 25.6 Å². The summed E-state index contributed by atoms with van der Waals surface area (Å²) < 4.78 is 15.3. The Morgan fingerprint density at radius 1 is 1.38 bits per heavy atom. The molecule has 1 aromatic carbocycles. The number of rotatable bonds is 5. The minimum Gasteiger partial charge on any atom is -0.308 e. The maximum Gasteiger partial charge on any atom is 0.304 e. The molecule has 0 spiro atoms. The summed E-state index contributed by atoms with van der Waals surface area (Å²) in [7, 11) is 1.89. The Morgan fingerprint density at radius 3 is 2.62 bits per heavy atom. The van der Waals surface area contributed by atoms with E-state index < -0.39 is 16.4 Å². The fourth-order valence-electron chi connectivity index (χ4n) is 2.21. The van der Waals surface area contributed by atoms with Crippen LogP contribution in [0.2, 0.25) is 0 Å². The van der Waals surface area contributed by atoms with Crippen LogP contribution in [0.15, 0.2) is 18.2 Å². The van der Waals surface area contributed by atoms with Gasteiger partial charge in [0.2, 0.25) is 5.82 Å². The Morgan fingerprint density at radius 2 is 2.10 bits per heavy atom. The van der Waals surface area contributed by atoms with Gasteiger partial charge in [0.1, 0.15) is 0 Å². The summed E-state index contributed by atoms with van der Waals surface area (Å²) in [5.74, 6) is -0.812. The monoisotopic (exact) mass is 292 g/mol. The molecule has 0 aliphatic heterocycles. The minimum atomic E-state index is -0.812. The first-order chi connectivity index (χ1) is 9.90. The largest absolute Gasteiger partial charge is 0.308 e. The molecule has 2 aromatic rings. The van der Waals surface area contributed by atoms with Gasteiger partial charge in [-0.05, 0) is 25.5 Å². The maximum absolute atomic E-state index is 13.5. The standard InChI is InChI=1S/C14H17FN4O2/c1-9-12(10(2)18(3)17-9)8-16-7-11-4-5-14(19(20)21)13(15)6-11/h4-6,16H,7-8H2,1-3H3. The Bertz CT molecular complexity index is 682. The van der Waals surface area contributed by atoms with Crippen LogP contribution in [0.25, 0.3) is 0 Å². The number of nitro benzene ring substituents is 1. The van der Waals surface area contributed by atoms with E-state index in [4.69, 9.17) is 0 Å². The average molecular weight is 292 g/mol. The number of aromatic nitrogens is 2. The van der Waals surface area contributed by atoms with Crippen molar-refractivity contribution < 1.29 is 9.31 Å². The van der Waals surface area contributed by atoms with Gasteiger partial charge in [0.15, 0.2) is 0 Å². The van der Waals surface area contributed by atoms with E-state index in [1.165, 1.54) is 12.1 Å². The lowest BCUT2D eigenvalue weighted by Crippen LogP contribution is -2.14. The van der Waals surface area contributed by atoms with E-state index in [2.05, 4.69) is 10.4 Å². The lowest BCUT2D eigenvalue weighted by molar-refractivity contribution is -0.387. The van der Waals surface area contributed by atoms with Crippen molar-refractivity contribution >= 4 is 5.69 Å². The van der Waals surface area contributed by atoms with Crippen molar-refractivity contribution in [1.82, 2.24) is 15.1 Å². The lowest BCUT2D eigenvalue weighted by atomic mass is 10.1. The van der Waals surface area contributed by atoms with Crippen LogP contribution in [0.4, 0.5) is 10.1 Å². The van der Waals surface area contributed by atoms with Gasteiger partial charge < -0.3 is 5.32 Å². The van der Waals surface area contributed by atoms with Gasteiger partial charge in [-0.2, -0.15) is 9.49 Å². The summed E-state index contributed by atoms with van der Waals surface area (Å²) in [4.78, 5) is 9.82. The van der Waals surface area contributed by atoms with E-state index in [-0.39, 0.29) is 0 Å². The molecule has 0 amide bonds. The molecule has 0 unspecified atom stereocenters. The normalized spacial score (nSPS) is 10.9. The molecule has 0 aliphatic rings. The Balaban J connectivity index is 2.01. The lowest BCUT2D eigenvalue weighted by Gasteiger charge is -2.06. The van der Waals surface area contributed by atoms with Crippen molar-refractivity contribution in [3.05, 3.63) is 56.6 Å². The highest BCUT2D eigenvalue weighted by Gasteiger charge is 2.14. The predicted octanol–water partition coefficient (Wildman–Crippen LogP) is 2.37. The Kier molecular flexibility index (Phi) is 4.32. The summed E-state index contributed by atoms with van der Waals surface area (Å²) >= 11 is 0. The van der Waals surface area contributed by atoms with Crippen LogP contribution >= 0.6 is 0 Å². The van der Waals surface area contributed by atoms with Crippen molar-refractivity contribution in [2.45, 2.75) is 26.9 Å². The van der Waals surface area contributed by atoms with Gasteiger partial charge in [0.05, 0.1) is 10.6 Å². The van der Waals surface area contributed by atoms with Crippen LogP contribution < -0.4 is 5.32 Å². The molecule has 0 saturated carbocycles. The third kappa shape index (κ3) is 3.25. The van der Waals surface area contributed by atoms with Crippen molar-refractivity contribution in [3.8, 4) is 0 Å². The van der Waals surface area contributed by atoms with Crippen LogP contribution in [0.1, 0.15) is 22.5 Å².